The van der Waals surface area contributed by atoms with Crippen molar-refractivity contribution in [1.82, 2.24) is 14.6 Å². The molecule has 2 aliphatic heterocycles. The number of nitrogens with one attached hydrogen (secondary N) is 1. The Morgan fingerprint density at radius 3 is 2.60 bits per heavy atom. The van der Waals surface area contributed by atoms with Crippen molar-refractivity contribution in [3.8, 4) is 11.5 Å². The normalized spacial score (nSPS) is 23.9. The van der Waals surface area contributed by atoms with Crippen LogP contribution in [-0.2, 0) is 19.6 Å². The average molecular weight is 435 g/mol. The molecule has 1 aromatic heterocycles. The summed E-state index contributed by atoms with van der Waals surface area (Å²) in [5.74, 6) is -0.240. The van der Waals surface area contributed by atoms with Gasteiger partial charge in [0.05, 0.1) is 12.8 Å². The van der Waals surface area contributed by atoms with E-state index in [2.05, 4.69) is 10.3 Å². The molecule has 0 amide bonds. The molecule has 2 saturated heterocycles. The van der Waals surface area contributed by atoms with Gasteiger partial charge in [-0.05, 0) is 56.2 Å². The van der Waals surface area contributed by atoms with Gasteiger partial charge in [-0.1, -0.05) is 0 Å². The summed E-state index contributed by atoms with van der Waals surface area (Å²) in [5.41, 5.74) is 0. The number of aromatic nitrogens is 1. The molecule has 3 atom stereocenters. The number of carbonyl (C=O) groups excluding carboxylic acids is 1. The Kier molecular flexibility index (Phi) is 5.72. The lowest BCUT2D eigenvalue weighted by Crippen LogP contribution is -2.62. The zero-order chi connectivity index (χ0) is 21.3. The van der Waals surface area contributed by atoms with E-state index in [4.69, 9.17) is 9.47 Å². The van der Waals surface area contributed by atoms with E-state index < -0.39 is 22.0 Å². The van der Waals surface area contributed by atoms with Crippen molar-refractivity contribution in [2.24, 2.45) is 0 Å². The molecule has 8 nitrogen and oxygen atoms in total. The second-order valence-electron chi connectivity index (χ2n) is 7.21. The molecule has 0 aliphatic carbocycles. The van der Waals surface area contributed by atoms with E-state index in [-0.39, 0.29) is 36.1 Å². The second-order valence-corrected chi connectivity index (χ2v) is 9.04. The SMILES string of the molecule is CCOC(=O)[C@@H]1[C@@H]2CC[C@H](CN1S(=O)(=O)c1ccc(Oc3ccc(F)cc3)cn1)N2. The molecule has 4 rings (SSSR count). The van der Waals surface area contributed by atoms with E-state index >= 15 is 0 Å². The first-order valence-electron chi connectivity index (χ1n) is 9.72. The average Bonchev–Trinajstić information content (AvgIpc) is 3.10. The van der Waals surface area contributed by atoms with Crippen LogP contribution in [0.2, 0.25) is 0 Å². The Balaban J connectivity index is 1.57. The van der Waals surface area contributed by atoms with Crippen molar-refractivity contribution in [2.45, 2.75) is 42.9 Å². The predicted molar refractivity (Wildman–Crippen MR) is 105 cm³/mol. The molecule has 2 fully saturated rings. The second kappa shape index (κ2) is 8.29. The summed E-state index contributed by atoms with van der Waals surface area (Å²) < 4.78 is 51.5. The van der Waals surface area contributed by atoms with Crippen molar-refractivity contribution < 1.29 is 27.1 Å². The highest BCUT2D eigenvalue weighted by atomic mass is 32.2. The highest BCUT2D eigenvalue weighted by Crippen LogP contribution is 2.31. The monoisotopic (exact) mass is 435 g/mol. The van der Waals surface area contributed by atoms with Gasteiger partial charge >= 0.3 is 5.97 Å². The van der Waals surface area contributed by atoms with Gasteiger partial charge in [0.1, 0.15) is 23.4 Å². The number of halogens is 1. The Morgan fingerprint density at radius 2 is 1.93 bits per heavy atom. The van der Waals surface area contributed by atoms with Crippen LogP contribution in [0.4, 0.5) is 4.39 Å². The molecular formula is C20H22FN3O5S. The van der Waals surface area contributed by atoms with Crippen LogP contribution < -0.4 is 10.1 Å². The summed E-state index contributed by atoms with van der Waals surface area (Å²) >= 11 is 0. The maximum absolute atomic E-state index is 13.3. The molecule has 0 radical (unpaired) electrons. The van der Waals surface area contributed by atoms with Crippen LogP contribution in [0.25, 0.3) is 0 Å². The molecule has 30 heavy (non-hydrogen) atoms. The van der Waals surface area contributed by atoms with Crippen LogP contribution in [-0.4, -0.2) is 55.0 Å². The van der Waals surface area contributed by atoms with Crippen LogP contribution in [0.3, 0.4) is 0 Å². The Morgan fingerprint density at radius 1 is 1.20 bits per heavy atom. The summed E-state index contributed by atoms with van der Waals surface area (Å²) in [6.45, 7) is 2.04. The first-order chi connectivity index (χ1) is 14.4. The Bertz CT molecular complexity index is 1010. The summed E-state index contributed by atoms with van der Waals surface area (Å²) in [4.78, 5) is 16.6. The van der Waals surface area contributed by atoms with E-state index in [1.807, 2.05) is 0 Å². The quantitative estimate of drug-likeness (QED) is 0.694. The lowest BCUT2D eigenvalue weighted by atomic mass is 10.1. The molecule has 1 N–H and O–H groups in total. The van der Waals surface area contributed by atoms with E-state index in [1.165, 1.54) is 46.9 Å². The van der Waals surface area contributed by atoms with Gasteiger partial charge in [0.15, 0.2) is 5.03 Å². The molecule has 1 aromatic carbocycles. The topological polar surface area (TPSA) is 97.8 Å². The molecule has 0 unspecified atom stereocenters. The molecule has 2 aromatic rings. The van der Waals surface area contributed by atoms with Crippen LogP contribution in [0.5, 0.6) is 11.5 Å². The first kappa shape index (κ1) is 20.7. The third-order valence-corrected chi connectivity index (χ3v) is 6.99. The molecule has 2 aliphatic rings. The summed E-state index contributed by atoms with van der Waals surface area (Å²) in [5, 5.41) is 3.12. The fourth-order valence-electron chi connectivity index (χ4n) is 3.87. The maximum atomic E-state index is 13.3. The number of esters is 1. The number of nitrogens with zero attached hydrogens (tertiary/aromatic N) is 2. The number of carbonyl (C=O) groups is 1. The third kappa shape index (κ3) is 4.03. The van der Waals surface area contributed by atoms with Crippen molar-refractivity contribution in [3.05, 3.63) is 48.4 Å². The highest BCUT2D eigenvalue weighted by Gasteiger charge is 2.49. The van der Waals surface area contributed by atoms with E-state index in [9.17, 15) is 17.6 Å². The third-order valence-electron chi connectivity index (χ3n) is 5.23. The number of rotatable bonds is 6. The van der Waals surface area contributed by atoms with Gasteiger partial charge in [-0.25, -0.2) is 17.8 Å². The van der Waals surface area contributed by atoms with Gasteiger partial charge in [-0.3, -0.25) is 4.79 Å². The largest absolute Gasteiger partial charge is 0.465 e. The minimum Gasteiger partial charge on any atom is -0.465 e. The Labute approximate surface area is 174 Å². The standard InChI is InChI=1S/C20H22FN3O5S/c1-2-28-20(25)19-17-9-5-14(23-17)12-24(19)30(26,27)18-10-8-16(11-22-18)29-15-6-3-13(21)4-7-15/h3-4,6-8,10-11,14,17,19,23H,2,5,9,12H2,1H3/t14-,17+,19+/m1/s1. The number of hydrogen-bond donors (Lipinski definition) is 1. The Hall–Kier alpha value is -2.56. The number of pyridine rings is 1. The number of fused-ring (bicyclic) bond motifs is 2. The summed E-state index contributed by atoms with van der Waals surface area (Å²) in [6.07, 6.45) is 2.79. The van der Waals surface area contributed by atoms with Crippen molar-refractivity contribution >= 4 is 16.0 Å². The van der Waals surface area contributed by atoms with Gasteiger partial charge < -0.3 is 14.8 Å². The smallest absolute Gasteiger partial charge is 0.326 e. The van der Waals surface area contributed by atoms with Crippen LogP contribution in [0.15, 0.2) is 47.6 Å². The minimum absolute atomic E-state index is 0.00321. The van der Waals surface area contributed by atoms with Crippen molar-refractivity contribution in [1.29, 1.82) is 0 Å². The first-order valence-corrected chi connectivity index (χ1v) is 11.2. The zero-order valence-electron chi connectivity index (χ0n) is 16.3. The van der Waals surface area contributed by atoms with Crippen LogP contribution >= 0.6 is 0 Å². The van der Waals surface area contributed by atoms with Crippen molar-refractivity contribution in [3.63, 3.8) is 0 Å². The number of hydrogen-bond acceptors (Lipinski definition) is 7. The summed E-state index contributed by atoms with van der Waals surface area (Å²) in [6, 6.07) is 7.03. The minimum atomic E-state index is -4.02. The highest BCUT2D eigenvalue weighted by molar-refractivity contribution is 7.89. The van der Waals surface area contributed by atoms with Gasteiger partial charge in [-0.2, -0.15) is 4.31 Å². The molecule has 0 saturated carbocycles. The molecule has 10 heteroatoms. The fraction of sp³-hybridized carbons (Fsp3) is 0.400. The van der Waals surface area contributed by atoms with Gasteiger partial charge in [-0.15, -0.1) is 0 Å². The number of piperazine rings is 1. The van der Waals surface area contributed by atoms with Crippen LogP contribution in [0, 0.1) is 5.82 Å². The molecule has 160 valence electrons. The van der Waals surface area contributed by atoms with Crippen molar-refractivity contribution in [2.75, 3.05) is 13.2 Å². The van der Waals surface area contributed by atoms with Gasteiger partial charge in [0.25, 0.3) is 10.0 Å². The van der Waals surface area contributed by atoms with E-state index in [1.54, 1.807) is 6.92 Å². The van der Waals surface area contributed by atoms with E-state index in [0.717, 1.165) is 6.42 Å². The predicted octanol–water partition coefficient (Wildman–Crippen LogP) is 2.07. The lowest BCUT2D eigenvalue weighted by molar-refractivity contribution is -0.149. The summed E-state index contributed by atoms with van der Waals surface area (Å²) in [7, 11) is -4.02. The fourth-order valence-corrected chi connectivity index (χ4v) is 5.44. The molecule has 0 spiro atoms. The number of benzene rings is 1. The lowest BCUT2D eigenvalue weighted by Gasteiger charge is -2.37. The van der Waals surface area contributed by atoms with Gasteiger partial charge in [0.2, 0.25) is 0 Å². The van der Waals surface area contributed by atoms with Gasteiger partial charge in [0, 0.05) is 18.6 Å². The number of sulfonamides is 1. The maximum Gasteiger partial charge on any atom is 0.326 e. The molecule has 2 bridgehead atoms. The van der Waals surface area contributed by atoms with Crippen LogP contribution in [0.1, 0.15) is 19.8 Å². The number of ether oxygens (including phenoxy) is 2. The zero-order valence-corrected chi connectivity index (χ0v) is 17.1. The van der Waals surface area contributed by atoms with E-state index in [0.29, 0.717) is 17.9 Å². The molecular weight excluding hydrogens is 413 g/mol. The molecule has 3 heterocycles.